The Balaban J connectivity index is 1.57. The number of hydrogen-bond acceptors (Lipinski definition) is 5. The lowest BCUT2D eigenvalue weighted by molar-refractivity contribution is -0.123. The van der Waals surface area contributed by atoms with Crippen molar-refractivity contribution in [2.24, 2.45) is 5.92 Å². The summed E-state index contributed by atoms with van der Waals surface area (Å²) >= 11 is 6.10. The predicted molar refractivity (Wildman–Crippen MR) is 105 cm³/mol. The molecule has 0 bridgehead atoms. The van der Waals surface area contributed by atoms with Crippen LogP contribution in [0, 0.1) is 5.92 Å². The zero-order valence-electron chi connectivity index (χ0n) is 15.3. The van der Waals surface area contributed by atoms with E-state index in [2.05, 4.69) is 5.32 Å². The third kappa shape index (κ3) is 3.30. The Morgan fingerprint density at radius 1 is 0.966 bits per heavy atom. The normalized spacial score (nSPS) is 19.2. The second kappa shape index (κ2) is 7.18. The Hall–Kier alpha value is -3.45. The van der Waals surface area contributed by atoms with Crippen LogP contribution in [0.5, 0.6) is 5.75 Å². The summed E-state index contributed by atoms with van der Waals surface area (Å²) in [6, 6.07) is 12.2. The molecule has 1 aliphatic heterocycles. The number of Topliss-reactive ketones (excluding diaryl/α,β-unsaturated/α-hetero) is 2. The van der Waals surface area contributed by atoms with E-state index in [4.69, 9.17) is 16.3 Å². The van der Waals surface area contributed by atoms with Crippen LogP contribution in [0.1, 0.15) is 27.6 Å². The Morgan fingerprint density at radius 3 is 2.24 bits per heavy atom. The van der Waals surface area contributed by atoms with Gasteiger partial charge in [-0.05, 0) is 24.3 Å². The van der Waals surface area contributed by atoms with Crippen LogP contribution in [0.4, 0.5) is 10.5 Å². The molecule has 0 radical (unpaired) electrons. The van der Waals surface area contributed by atoms with Crippen molar-refractivity contribution < 1.29 is 23.9 Å². The van der Waals surface area contributed by atoms with Gasteiger partial charge in [0.2, 0.25) is 17.5 Å². The number of ether oxygens (including phenoxy) is 1. The average Bonchev–Trinajstić information content (AvgIpc) is 2.73. The van der Waals surface area contributed by atoms with Gasteiger partial charge in [0, 0.05) is 23.4 Å². The highest BCUT2D eigenvalue weighted by molar-refractivity contribution is 6.49. The summed E-state index contributed by atoms with van der Waals surface area (Å²) in [6.07, 6.45) is 0. The molecule has 29 heavy (non-hydrogen) atoms. The van der Waals surface area contributed by atoms with E-state index in [1.165, 1.54) is 4.90 Å². The SMILES string of the molecule is CC1CN(c2ccc(OC3=C(Cl)C(=O)c4ccccc4C3=O)cc2)C(=O)NC1=O. The monoisotopic (exact) mass is 410 g/mol. The number of halogens is 1. The fourth-order valence-electron chi connectivity index (χ4n) is 3.18. The number of carbonyl (C=O) groups is 4. The number of imide groups is 1. The molecule has 7 nitrogen and oxygen atoms in total. The number of amides is 3. The van der Waals surface area contributed by atoms with Crippen molar-refractivity contribution in [2.75, 3.05) is 11.4 Å². The van der Waals surface area contributed by atoms with E-state index in [1.807, 2.05) is 0 Å². The summed E-state index contributed by atoms with van der Waals surface area (Å²) in [5, 5.41) is 2.02. The van der Waals surface area contributed by atoms with Crippen LogP contribution in [0.15, 0.2) is 59.3 Å². The third-order valence-electron chi connectivity index (χ3n) is 4.77. The topological polar surface area (TPSA) is 92.8 Å². The maximum Gasteiger partial charge on any atom is 0.328 e. The molecule has 4 rings (SSSR count). The predicted octanol–water partition coefficient (Wildman–Crippen LogP) is 3.29. The molecule has 1 aliphatic carbocycles. The molecular formula is C21H15ClN2O5. The number of urea groups is 1. The number of fused-ring (bicyclic) bond motifs is 1. The van der Waals surface area contributed by atoms with Crippen molar-refractivity contribution in [1.29, 1.82) is 0 Å². The summed E-state index contributed by atoms with van der Waals surface area (Å²) in [7, 11) is 0. The molecule has 1 heterocycles. The third-order valence-corrected chi connectivity index (χ3v) is 5.11. The number of benzene rings is 2. The molecule has 146 valence electrons. The number of ketones is 2. The number of nitrogens with one attached hydrogen (secondary N) is 1. The molecule has 2 aliphatic rings. The zero-order chi connectivity index (χ0) is 20.7. The highest BCUT2D eigenvalue weighted by atomic mass is 35.5. The van der Waals surface area contributed by atoms with Crippen LogP contribution in [0.2, 0.25) is 0 Å². The number of carbonyl (C=O) groups excluding carboxylic acids is 4. The van der Waals surface area contributed by atoms with Gasteiger partial charge in [0.05, 0.1) is 5.92 Å². The van der Waals surface area contributed by atoms with Crippen LogP contribution in [-0.2, 0) is 4.79 Å². The van der Waals surface area contributed by atoms with Crippen LogP contribution in [0.25, 0.3) is 0 Å². The van der Waals surface area contributed by atoms with E-state index < -0.39 is 17.6 Å². The van der Waals surface area contributed by atoms with Gasteiger partial charge >= 0.3 is 6.03 Å². The lowest BCUT2D eigenvalue weighted by Crippen LogP contribution is -2.53. The zero-order valence-corrected chi connectivity index (χ0v) is 16.0. The first-order valence-corrected chi connectivity index (χ1v) is 9.23. The minimum absolute atomic E-state index is 0.233. The van der Waals surface area contributed by atoms with Crippen LogP contribution in [0.3, 0.4) is 0 Å². The quantitative estimate of drug-likeness (QED) is 0.838. The number of allylic oxidation sites excluding steroid dienone is 2. The van der Waals surface area contributed by atoms with Crippen LogP contribution < -0.4 is 15.0 Å². The van der Waals surface area contributed by atoms with Crippen molar-refractivity contribution in [3.8, 4) is 5.75 Å². The van der Waals surface area contributed by atoms with Crippen molar-refractivity contribution in [2.45, 2.75) is 6.92 Å². The average molecular weight is 411 g/mol. The lowest BCUT2D eigenvalue weighted by Gasteiger charge is -2.30. The van der Waals surface area contributed by atoms with E-state index in [1.54, 1.807) is 55.5 Å². The fraction of sp³-hybridized carbons (Fsp3) is 0.143. The van der Waals surface area contributed by atoms with Crippen molar-refractivity contribution >= 4 is 40.8 Å². The molecule has 3 amide bonds. The fourth-order valence-corrected chi connectivity index (χ4v) is 3.41. The number of nitrogens with zero attached hydrogens (tertiary/aromatic N) is 1. The van der Waals surface area contributed by atoms with Gasteiger partial charge in [0.15, 0.2) is 5.76 Å². The molecule has 0 spiro atoms. The maximum atomic E-state index is 12.7. The summed E-state index contributed by atoms with van der Waals surface area (Å²) in [5.74, 6) is -1.55. The lowest BCUT2D eigenvalue weighted by atomic mass is 9.93. The van der Waals surface area contributed by atoms with E-state index in [-0.39, 0.29) is 46.0 Å². The highest BCUT2D eigenvalue weighted by Gasteiger charge is 2.33. The first-order chi connectivity index (χ1) is 13.9. The van der Waals surface area contributed by atoms with E-state index >= 15 is 0 Å². The van der Waals surface area contributed by atoms with Crippen molar-refractivity contribution in [1.82, 2.24) is 5.32 Å². The second-order valence-corrected chi connectivity index (χ2v) is 7.13. The van der Waals surface area contributed by atoms with E-state index in [0.717, 1.165) is 0 Å². The van der Waals surface area contributed by atoms with Gasteiger partial charge in [-0.15, -0.1) is 0 Å². The number of rotatable bonds is 3. The second-order valence-electron chi connectivity index (χ2n) is 6.75. The molecule has 8 heteroatoms. The van der Waals surface area contributed by atoms with Gasteiger partial charge in [-0.1, -0.05) is 42.8 Å². The first kappa shape index (κ1) is 18.9. The summed E-state index contributed by atoms with van der Waals surface area (Å²) in [6.45, 7) is 1.98. The Bertz CT molecular complexity index is 1090. The van der Waals surface area contributed by atoms with Gasteiger partial charge in [-0.25, -0.2) is 4.79 Å². The van der Waals surface area contributed by atoms with Gasteiger partial charge in [0.1, 0.15) is 10.8 Å². The van der Waals surface area contributed by atoms with Gasteiger partial charge < -0.3 is 4.74 Å². The summed E-state index contributed by atoms with van der Waals surface area (Å²) < 4.78 is 5.62. The number of anilines is 1. The maximum absolute atomic E-state index is 12.7. The molecule has 2 aromatic carbocycles. The standard InChI is InChI=1S/C21H15ClN2O5/c1-11-10-24(21(28)23-20(11)27)12-6-8-13(9-7-12)29-19-16(22)17(25)14-4-2-3-5-15(14)18(19)26/h2-9,11H,10H2,1H3,(H,23,27,28). The Morgan fingerprint density at radius 2 is 1.59 bits per heavy atom. The largest absolute Gasteiger partial charge is 0.451 e. The highest BCUT2D eigenvalue weighted by Crippen LogP contribution is 2.31. The molecule has 1 saturated heterocycles. The smallest absolute Gasteiger partial charge is 0.328 e. The van der Waals surface area contributed by atoms with E-state index in [9.17, 15) is 19.2 Å². The first-order valence-electron chi connectivity index (χ1n) is 8.85. The summed E-state index contributed by atoms with van der Waals surface area (Å²) in [5.41, 5.74) is 1.04. The van der Waals surface area contributed by atoms with Gasteiger partial charge in [-0.2, -0.15) is 0 Å². The van der Waals surface area contributed by atoms with Crippen molar-refractivity contribution in [3.05, 3.63) is 70.4 Å². The van der Waals surface area contributed by atoms with Crippen molar-refractivity contribution in [3.63, 3.8) is 0 Å². The molecule has 1 fully saturated rings. The molecular weight excluding hydrogens is 396 g/mol. The molecule has 1 N–H and O–H groups in total. The number of hydrogen-bond donors (Lipinski definition) is 1. The van der Waals surface area contributed by atoms with Gasteiger partial charge in [-0.3, -0.25) is 24.6 Å². The van der Waals surface area contributed by atoms with Crippen LogP contribution in [-0.4, -0.2) is 30.0 Å². The minimum Gasteiger partial charge on any atom is -0.451 e. The molecule has 1 unspecified atom stereocenters. The van der Waals surface area contributed by atoms with Crippen LogP contribution >= 0.6 is 11.6 Å². The van der Waals surface area contributed by atoms with Gasteiger partial charge in [0.25, 0.3) is 0 Å². The molecule has 0 aromatic heterocycles. The molecule has 0 saturated carbocycles. The minimum atomic E-state index is -0.503. The molecule has 2 aromatic rings. The molecule has 1 atom stereocenters. The summed E-state index contributed by atoms with van der Waals surface area (Å²) in [4.78, 5) is 50.2. The Labute approximate surface area is 170 Å². The Kier molecular flexibility index (Phi) is 4.68. The van der Waals surface area contributed by atoms with E-state index in [0.29, 0.717) is 5.69 Å².